The van der Waals surface area contributed by atoms with Crippen LogP contribution in [0.4, 0.5) is 13.2 Å². The fourth-order valence-electron chi connectivity index (χ4n) is 8.45. The maximum absolute atomic E-state index is 13.2. The van der Waals surface area contributed by atoms with Gasteiger partial charge in [-0.2, -0.15) is 20.4 Å². The van der Waals surface area contributed by atoms with Crippen molar-refractivity contribution in [2.24, 2.45) is 39.7 Å². The van der Waals surface area contributed by atoms with Crippen molar-refractivity contribution in [3.05, 3.63) is 213 Å². The second kappa shape index (κ2) is 31.9. The van der Waals surface area contributed by atoms with Crippen LogP contribution < -0.4 is 22.1 Å². The normalized spacial score (nSPS) is 11.6. The average molecular weight is 1320 g/mol. The zero-order valence-corrected chi connectivity index (χ0v) is 50.6. The predicted octanol–water partition coefficient (Wildman–Crippen LogP) is 6.64. The molecule has 3 unspecified atom stereocenters. The number of hydrogen-bond donors (Lipinski definition) is 5. The van der Waals surface area contributed by atoms with Gasteiger partial charge in [0.1, 0.15) is 55.4 Å². The van der Waals surface area contributed by atoms with Crippen LogP contribution in [0.1, 0.15) is 66.4 Å². The standard InChI is InChI=1S/C21H21FN4O3.C21H19FN4O3.C13H13FN2O2.C7H9IN2O2/c2*1-26-12-16(18(25-26)14-7-9-15(22)10-8-14)21(29)24-17(19(27)20(23)28)11-13-5-3-2-4-6-13;1-3-18-13(17)11-8-16(2)15-12(11)9-4-6-10(14)7-5-9;1-3-12-7(11)5-4-10(2)9-6(5)8/h2-10,12,17,19,27H,11H2,1H3,(H2,23,28)(H,24,29);2-10,12,17H,11H2,1H3,(H2,23,28)(H,24,29);4-8H,3H2,1-2H3;4H,3H2,1-2H3. The van der Waals surface area contributed by atoms with Gasteiger partial charge in [-0.1, -0.05) is 60.7 Å². The Morgan fingerprint density at radius 3 is 1.24 bits per heavy atom. The van der Waals surface area contributed by atoms with Crippen molar-refractivity contribution in [2.45, 2.75) is 44.9 Å². The van der Waals surface area contributed by atoms with Crippen molar-refractivity contribution in [3.8, 4) is 33.8 Å². The van der Waals surface area contributed by atoms with Gasteiger partial charge in [0.15, 0.2) is 6.10 Å². The van der Waals surface area contributed by atoms with E-state index in [4.69, 9.17) is 20.9 Å². The van der Waals surface area contributed by atoms with E-state index in [9.17, 15) is 51.8 Å². The third-order valence-electron chi connectivity index (χ3n) is 12.5. The molecule has 0 bridgehead atoms. The molecule has 5 aromatic carbocycles. The van der Waals surface area contributed by atoms with Gasteiger partial charge < -0.3 is 36.7 Å². The van der Waals surface area contributed by atoms with Crippen molar-refractivity contribution >= 4 is 63.9 Å². The molecule has 9 rings (SSSR count). The summed E-state index contributed by atoms with van der Waals surface area (Å²) in [4.78, 5) is 84.1. The number of hydrogen-bond acceptors (Lipinski definition) is 14. The second-order valence-corrected chi connectivity index (χ2v) is 20.2. The van der Waals surface area contributed by atoms with Crippen LogP contribution in [0, 0.1) is 21.2 Å². The van der Waals surface area contributed by atoms with E-state index < -0.39 is 65.2 Å². The van der Waals surface area contributed by atoms with E-state index in [0.717, 1.165) is 11.1 Å². The summed E-state index contributed by atoms with van der Waals surface area (Å²) in [6.45, 7) is 4.22. The Bertz CT molecular complexity index is 3860. The van der Waals surface area contributed by atoms with Gasteiger partial charge in [-0.15, -0.1) is 0 Å². The topological polar surface area (TPSA) is 306 Å². The van der Waals surface area contributed by atoms with Crippen molar-refractivity contribution in [1.29, 1.82) is 0 Å². The number of carbonyl (C=O) groups excluding carboxylic acids is 7. The Labute approximate surface area is 516 Å². The van der Waals surface area contributed by atoms with Crippen LogP contribution >= 0.6 is 22.6 Å². The van der Waals surface area contributed by atoms with Crippen molar-refractivity contribution in [2.75, 3.05) is 13.2 Å². The zero-order valence-electron chi connectivity index (χ0n) is 48.4. The number of aryl methyl sites for hydroxylation is 4. The number of aromatic nitrogens is 8. The molecule has 0 aliphatic carbocycles. The van der Waals surface area contributed by atoms with E-state index >= 15 is 0 Å². The molecule has 0 spiro atoms. The average Bonchev–Trinajstić information content (AvgIpc) is 3.12. The summed E-state index contributed by atoms with van der Waals surface area (Å²) in [5.41, 5.74) is 16.3. The Morgan fingerprint density at radius 1 is 0.511 bits per heavy atom. The highest BCUT2D eigenvalue weighted by Gasteiger charge is 2.30. The first-order valence-electron chi connectivity index (χ1n) is 26.9. The number of nitrogens with zero attached hydrogens (tertiary/aromatic N) is 8. The molecule has 9 aromatic rings. The molecule has 0 radical (unpaired) electrons. The summed E-state index contributed by atoms with van der Waals surface area (Å²) in [5, 5.41) is 32.2. The largest absolute Gasteiger partial charge is 0.462 e. The summed E-state index contributed by atoms with van der Waals surface area (Å²) >= 11 is 2.00. The van der Waals surface area contributed by atoms with Gasteiger partial charge in [0.05, 0.1) is 30.4 Å². The summed E-state index contributed by atoms with van der Waals surface area (Å²) in [6.07, 6.45) is 5.01. The number of amides is 4. The smallest absolute Gasteiger partial charge is 0.342 e. The molecule has 0 saturated carbocycles. The van der Waals surface area contributed by atoms with Gasteiger partial charge in [-0.3, -0.25) is 42.7 Å². The summed E-state index contributed by atoms with van der Waals surface area (Å²) in [5.74, 6) is -5.95. The molecule has 4 amide bonds. The highest BCUT2D eigenvalue weighted by Crippen LogP contribution is 2.26. The number of aliphatic hydroxyl groups is 1. The Morgan fingerprint density at radius 2 is 0.864 bits per heavy atom. The number of ether oxygens (including phenoxy) is 2. The molecule has 0 aliphatic rings. The third kappa shape index (κ3) is 19.0. The molecule has 3 atom stereocenters. The Kier molecular flexibility index (Phi) is 24.3. The fraction of sp³-hybridized carbons (Fsp3) is 0.210. The van der Waals surface area contributed by atoms with Crippen LogP contribution in [-0.4, -0.2) is 117 Å². The number of carbonyl (C=O) groups is 7. The molecule has 458 valence electrons. The number of Topliss-reactive ketones (excluding diaryl/α,β-unsaturated/α-hetero) is 1. The third-order valence-corrected chi connectivity index (χ3v) is 13.3. The highest BCUT2D eigenvalue weighted by atomic mass is 127. The summed E-state index contributed by atoms with van der Waals surface area (Å²) in [7, 11) is 6.78. The first-order chi connectivity index (χ1) is 42.0. The van der Waals surface area contributed by atoms with Gasteiger partial charge in [0.25, 0.3) is 17.7 Å². The number of rotatable bonds is 19. The number of halogens is 4. The van der Waals surface area contributed by atoms with E-state index in [1.807, 2.05) is 59.0 Å². The van der Waals surface area contributed by atoms with Crippen molar-refractivity contribution < 1.29 is 61.3 Å². The first kappa shape index (κ1) is 67.0. The number of benzene rings is 5. The van der Waals surface area contributed by atoms with Gasteiger partial charge in [-0.25, -0.2) is 22.8 Å². The molecule has 88 heavy (non-hydrogen) atoms. The van der Waals surface area contributed by atoms with E-state index in [2.05, 4.69) is 31.0 Å². The molecule has 4 heterocycles. The predicted molar refractivity (Wildman–Crippen MR) is 326 cm³/mol. The van der Waals surface area contributed by atoms with E-state index in [-0.39, 0.29) is 35.8 Å². The van der Waals surface area contributed by atoms with Crippen LogP contribution in [0.25, 0.3) is 33.8 Å². The maximum atomic E-state index is 13.2. The van der Waals surface area contributed by atoms with Crippen LogP contribution in [0.15, 0.2) is 158 Å². The minimum absolute atomic E-state index is 0.112. The molecule has 0 fully saturated rings. The number of nitrogens with two attached hydrogens (primary N) is 2. The number of esters is 2. The molecule has 0 aliphatic heterocycles. The molecule has 7 N–H and O–H groups in total. The monoisotopic (exact) mass is 1320 g/mol. The number of nitrogens with one attached hydrogen (secondary N) is 2. The highest BCUT2D eigenvalue weighted by molar-refractivity contribution is 14.1. The molecule has 22 nitrogen and oxygen atoms in total. The van der Waals surface area contributed by atoms with Gasteiger partial charge >= 0.3 is 11.9 Å². The summed E-state index contributed by atoms with van der Waals surface area (Å²) in [6, 6.07) is 33.0. The number of primary amides is 2. The lowest BCUT2D eigenvalue weighted by molar-refractivity contribution is -0.137. The lowest BCUT2D eigenvalue weighted by atomic mass is 10.00. The SMILES string of the molecule is CCOC(=O)c1cn(C)nc1-c1ccc(F)cc1.CCOC(=O)c1cn(C)nc1I.Cn1cc(C(=O)NC(Cc2ccccc2)C(=O)C(N)=O)c(-c2ccc(F)cc2)n1.Cn1cc(C(=O)NC(Cc2ccccc2)C(O)C(N)=O)c(-c2ccc(F)cc2)n1. The van der Waals surface area contributed by atoms with Gasteiger partial charge in [-0.05, 0) is 127 Å². The minimum Gasteiger partial charge on any atom is -0.462 e. The van der Waals surface area contributed by atoms with E-state index in [1.54, 1.807) is 95.5 Å². The maximum Gasteiger partial charge on any atom is 0.342 e. The Hall–Kier alpha value is -10.1. The molecule has 4 aromatic heterocycles. The minimum atomic E-state index is -1.56. The van der Waals surface area contributed by atoms with Crippen molar-refractivity contribution in [1.82, 2.24) is 49.8 Å². The van der Waals surface area contributed by atoms with Crippen LogP contribution in [0.2, 0.25) is 0 Å². The quantitative estimate of drug-likeness (QED) is 0.0322. The van der Waals surface area contributed by atoms with Crippen LogP contribution in [0.5, 0.6) is 0 Å². The molecular weight excluding hydrogens is 1260 g/mol. The number of ketones is 1. The summed E-state index contributed by atoms with van der Waals surface area (Å²) < 4.78 is 55.8. The molecule has 0 saturated heterocycles. The lowest BCUT2D eigenvalue weighted by Gasteiger charge is -2.22. The lowest BCUT2D eigenvalue weighted by Crippen LogP contribution is -2.50. The van der Waals surface area contributed by atoms with E-state index in [1.165, 1.54) is 87.1 Å². The second-order valence-electron chi connectivity index (χ2n) is 19.2. The van der Waals surface area contributed by atoms with Crippen LogP contribution in [-0.2, 0) is 64.9 Å². The Balaban J connectivity index is 0.000000197. The van der Waals surface area contributed by atoms with Crippen molar-refractivity contribution in [3.63, 3.8) is 0 Å². The van der Waals surface area contributed by atoms with Gasteiger partial charge in [0.2, 0.25) is 11.7 Å². The van der Waals surface area contributed by atoms with Crippen LogP contribution in [0.3, 0.4) is 0 Å². The first-order valence-corrected chi connectivity index (χ1v) is 28.0. The molecular formula is C62H62F3IN12O10. The van der Waals surface area contributed by atoms with Gasteiger partial charge in [0, 0.05) is 76.1 Å². The fourth-order valence-corrected chi connectivity index (χ4v) is 9.15. The zero-order chi connectivity index (χ0) is 64.2. The molecule has 26 heteroatoms. The number of aliphatic hydroxyl groups excluding tert-OH is 1. The van der Waals surface area contributed by atoms with E-state index in [0.29, 0.717) is 61.8 Å².